The molecule has 1 amide bonds. The molecule has 1 aromatic carbocycles. The van der Waals surface area contributed by atoms with Crippen LogP contribution >= 0.6 is 23.2 Å². The Morgan fingerprint density at radius 3 is 2.71 bits per heavy atom. The van der Waals surface area contributed by atoms with Crippen molar-refractivity contribution < 1.29 is 4.79 Å². The molecule has 6 heteroatoms. The molecule has 1 aromatic rings. The van der Waals surface area contributed by atoms with E-state index in [0.29, 0.717) is 34.7 Å². The minimum absolute atomic E-state index is 0.0775. The molecule has 4 nitrogen and oxygen atoms in total. The lowest BCUT2D eigenvalue weighted by molar-refractivity contribution is -0.116. The zero-order valence-electron chi connectivity index (χ0n) is 11.9. The standard InChI is InChI=1S/C15H21Cl2N3O/c16-12-5-3-6-13(17)15(12)19-14(21)7-9-20-8-2-1-4-11(20)10-18/h3,5-6,11H,1-2,4,7-10,18H2,(H,19,21). The Morgan fingerprint density at radius 1 is 1.33 bits per heavy atom. The van der Waals surface area contributed by atoms with Crippen molar-refractivity contribution in [2.75, 3.05) is 25.0 Å². The van der Waals surface area contributed by atoms with Crippen molar-refractivity contribution in [3.05, 3.63) is 28.2 Å². The Labute approximate surface area is 135 Å². The quantitative estimate of drug-likeness (QED) is 0.872. The van der Waals surface area contributed by atoms with Crippen molar-refractivity contribution in [2.45, 2.75) is 31.7 Å². The van der Waals surface area contributed by atoms with Crippen molar-refractivity contribution in [3.8, 4) is 0 Å². The molecule has 3 N–H and O–H groups in total. The van der Waals surface area contributed by atoms with E-state index in [0.717, 1.165) is 19.5 Å². The molecule has 1 fully saturated rings. The van der Waals surface area contributed by atoms with Gasteiger partial charge in [-0.25, -0.2) is 0 Å². The fraction of sp³-hybridized carbons (Fsp3) is 0.533. The Bertz CT molecular complexity index is 476. The highest BCUT2D eigenvalue weighted by Gasteiger charge is 2.21. The number of hydrogen-bond acceptors (Lipinski definition) is 3. The zero-order valence-corrected chi connectivity index (χ0v) is 13.5. The number of anilines is 1. The molecule has 116 valence electrons. The van der Waals surface area contributed by atoms with Crippen molar-refractivity contribution in [1.29, 1.82) is 0 Å². The molecule has 1 heterocycles. The minimum atomic E-state index is -0.0775. The molecular formula is C15H21Cl2N3O. The summed E-state index contributed by atoms with van der Waals surface area (Å²) in [5, 5.41) is 3.70. The number of para-hydroxylation sites is 1. The first-order valence-electron chi connectivity index (χ1n) is 7.30. The number of amides is 1. The fourth-order valence-electron chi connectivity index (χ4n) is 2.69. The number of carbonyl (C=O) groups excluding carboxylic acids is 1. The average molecular weight is 330 g/mol. The number of piperidine rings is 1. The number of hydrogen-bond donors (Lipinski definition) is 2. The van der Waals surface area contributed by atoms with Crippen LogP contribution in [0.3, 0.4) is 0 Å². The summed E-state index contributed by atoms with van der Waals surface area (Å²) in [4.78, 5) is 14.4. The number of benzene rings is 1. The lowest BCUT2D eigenvalue weighted by atomic mass is 10.0. The zero-order chi connectivity index (χ0) is 15.2. The summed E-state index contributed by atoms with van der Waals surface area (Å²) in [6.07, 6.45) is 3.93. The second-order valence-electron chi connectivity index (χ2n) is 5.32. The first-order chi connectivity index (χ1) is 10.1. The van der Waals surface area contributed by atoms with Gasteiger partial charge in [-0.1, -0.05) is 35.7 Å². The molecule has 1 aliphatic rings. The number of nitrogens with one attached hydrogen (secondary N) is 1. The van der Waals surface area contributed by atoms with Crippen LogP contribution in [0.25, 0.3) is 0 Å². The third-order valence-corrected chi connectivity index (χ3v) is 4.50. The van der Waals surface area contributed by atoms with Gasteiger partial charge in [-0.2, -0.15) is 0 Å². The second-order valence-corrected chi connectivity index (χ2v) is 6.13. The topological polar surface area (TPSA) is 58.4 Å². The van der Waals surface area contributed by atoms with Crippen LogP contribution in [-0.2, 0) is 4.79 Å². The molecule has 0 aliphatic carbocycles. The van der Waals surface area contributed by atoms with Crippen LogP contribution in [0.5, 0.6) is 0 Å². The third-order valence-electron chi connectivity index (χ3n) is 3.87. The Hall–Kier alpha value is -0.810. The van der Waals surface area contributed by atoms with E-state index in [1.807, 2.05) is 0 Å². The molecule has 0 bridgehead atoms. The number of nitrogens with zero attached hydrogens (tertiary/aromatic N) is 1. The van der Waals surface area contributed by atoms with E-state index in [-0.39, 0.29) is 5.91 Å². The minimum Gasteiger partial charge on any atom is -0.329 e. The number of halogens is 2. The van der Waals surface area contributed by atoms with Crippen LogP contribution in [0, 0.1) is 0 Å². The van der Waals surface area contributed by atoms with Crippen LogP contribution < -0.4 is 11.1 Å². The van der Waals surface area contributed by atoms with Gasteiger partial charge in [0.25, 0.3) is 0 Å². The molecule has 1 unspecified atom stereocenters. The van der Waals surface area contributed by atoms with E-state index in [2.05, 4.69) is 10.2 Å². The highest BCUT2D eigenvalue weighted by atomic mass is 35.5. The SMILES string of the molecule is NCC1CCCCN1CCC(=O)Nc1c(Cl)cccc1Cl. The van der Waals surface area contributed by atoms with Gasteiger partial charge in [-0.15, -0.1) is 0 Å². The molecule has 0 spiro atoms. The highest BCUT2D eigenvalue weighted by Crippen LogP contribution is 2.29. The van der Waals surface area contributed by atoms with Crippen LogP contribution in [0.2, 0.25) is 10.0 Å². The first-order valence-corrected chi connectivity index (χ1v) is 8.05. The molecule has 2 rings (SSSR count). The van der Waals surface area contributed by atoms with Crippen molar-refractivity contribution >= 4 is 34.8 Å². The van der Waals surface area contributed by atoms with E-state index in [4.69, 9.17) is 28.9 Å². The van der Waals surface area contributed by atoms with Gasteiger partial charge in [0.15, 0.2) is 0 Å². The molecular weight excluding hydrogens is 309 g/mol. The van der Waals surface area contributed by atoms with Gasteiger partial charge < -0.3 is 11.1 Å². The fourth-order valence-corrected chi connectivity index (χ4v) is 3.18. The monoisotopic (exact) mass is 329 g/mol. The maximum Gasteiger partial charge on any atom is 0.225 e. The van der Waals surface area contributed by atoms with Gasteiger partial charge in [-0.3, -0.25) is 9.69 Å². The summed E-state index contributed by atoms with van der Waals surface area (Å²) in [6.45, 7) is 2.38. The highest BCUT2D eigenvalue weighted by molar-refractivity contribution is 6.39. The Kier molecular flexibility index (Phi) is 6.30. The van der Waals surface area contributed by atoms with Gasteiger partial charge in [0.2, 0.25) is 5.91 Å². The molecule has 1 atom stereocenters. The molecule has 0 saturated carbocycles. The molecule has 0 aromatic heterocycles. The number of carbonyl (C=O) groups is 1. The smallest absolute Gasteiger partial charge is 0.225 e. The van der Waals surface area contributed by atoms with Crippen molar-refractivity contribution in [2.24, 2.45) is 5.73 Å². The number of nitrogens with two attached hydrogens (primary N) is 1. The summed E-state index contributed by atoms with van der Waals surface area (Å²) in [7, 11) is 0. The predicted molar refractivity (Wildman–Crippen MR) is 88.0 cm³/mol. The summed E-state index contributed by atoms with van der Waals surface area (Å²) in [5.74, 6) is -0.0775. The van der Waals surface area contributed by atoms with Crippen LogP contribution in [0.1, 0.15) is 25.7 Å². The Morgan fingerprint density at radius 2 is 2.05 bits per heavy atom. The summed E-state index contributed by atoms with van der Waals surface area (Å²) in [6, 6.07) is 5.56. The van der Waals surface area contributed by atoms with E-state index in [1.165, 1.54) is 12.8 Å². The van der Waals surface area contributed by atoms with Crippen LogP contribution in [0.15, 0.2) is 18.2 Å². The summed E-state index contributed by atoms with van der Waals surface area (Å²) in [5.41, 5.74) is 6.27. The van der Waals surface area contributed by atoms with Gasteiger partial charge in [0, 0.05) is 25.6 Å². The predicted octanol–water partition coefficient (Wildman–Crippen LogP) is 3.14. The molecule has 0 radical (unpaired) electrons. The second kappa shape index (κ2) is 7.99. The summed E-state index contributed by atoms with van der Waals surface area (Å²) >= 11 is 12.1. The van der Waals surface area contributed by atoms with Crippen molar-refractivity contribution in [3.63, 3.8) is 0 Å². The first kappa shape index (κ1) is 16.6. The van der Waals surface area contributed by atoms with Gasteiger partial charge in [0.05, 0.1) is 15.7 Å². The number of likely N-dealkylation sites (tertiary alicyclic amines) is 1. The largest absolute Gasteiger partial charge is 0.329 e. The Balaban J connectivity index is 1.87. The lowest BCUT2D eigenvalue weighted by Crippen LogP contribution is -2.45. The maximum absolute atomic E-state index is 12.1. The maximum atomic E-state index is 12.1. The number of rotatable bonds is 5. The van der Waals surface area contributed by atoms with Crippen molar-refractivity contribution in [1.82, 2.24) is 4.90 Å². The molecule has 1 saturated heterocycles. The third kappa shape index (κ3) is 4.58. The molecule has 1 aliphatic heterocycles. The van der Waals surface area contributed by atoms with Crippen LogP contribution in [-0.4, -0.2) is 36.5 Å². The van der Waals surface area contributed by atoms with Crippen LogP contribution in [0.4, 0.5) is 5.69 Å². The summed E-state index contributed by atoms with van der Waals surface area (Å²) < 4.78 is 0. The lowest BCUT2D eigenvalue weighted by Gasteiger charge is -2.34. The van der Waals surface area contributed by atoms with E-state index >= 15 is 0 Å². The average Bonchev–Trinajstić information content (AvgIpc) is 2.49. The van der Waals surface area contributed by atoms with Gasteiger partial charge in [0.1, 0.15) is 0 Å². The normalized spacial score (nSPS) is 19.5. The van der Waals surface area contributed by atoms with E-state index in [9.17, 15) is 4.79 Å². The van der Waals surface area contributed by atoms with Gasteiger partial charge in [-0.05, 0) is 31.5 Å². The molecule has 21 heavy (non-hydrogen) atoms. The van der Waals surface area contributed by atoms with Gasteiger partial charge >= 0.3 is 0 Å². The van der Waals surface area contributed by atoms with E-state index in [1.54, 1.807) is 18.2 Å². The van der Waals surface area contributed by atoms with E-state index < -0.39 is 0 Å².